The average Bonchev–Trinajstić information content (AvgIpc) is 2.20. The van der Waals surface area contributed by atoms with Gasteiger partial charge in [-0.25, -0.2) is 4.39 Å². The monoisotopic (exact) mass is 228 g/mol. The van der Waals surface area contributed by atoms with Gasteiger partial charge in [0, 0.05) is 5.56 Å². The number of carbonyl (C=O) groups is 1. The molecule has 0 atom stereocenters. The molecule has 0 spiro atoms. The van der Waals surface area contributed by atoms with E-state index in [4.69, 9.17) is 4.74 Å². The van der Waals surface area contributed by atoms with Crippen LogP contribution in [-0.2, 0) is 0 Å². The molecule has 1 aromatic carbocycles. The van der Waals surface area contributed by atoms with Gasteiger partial charge in [0.15, 0.2) is 17.9 Å². The quantitative estimate of drug-likeness (QED) is 0.585. The number of hydrogen-bond acceptors (Lipinski definition) is 3. The number of ether oxygens (including phenoxy) is 1. The summed E-state index contributed by atoms with van der Waals surface area (Å²) in [6.07, 6.45) is 2.29. The van der Waals surface area contributed by atoms with Gasteiger partial charge in [-0.05, 0) is 32.2 Å². The molecule has 0 aliphatic rings. The van der Waals surface area contributed by atoms with E-state index < -0.39 is 5.82 Å². The van der Waals surface area contributed by atoms with Gasteiger partial charge in [-0.3, -0.25) is 4.79 Å². The van der Waals surface area contributed by atoms with Gasteiger partial charge in [0.2, 0.25) is 0 Å². The van der Waals surface area contributed by atoms with Crippen LogP contribution in [0.25, 0.3) is 0 Å². The molecular weight excluding hydrogens is 215 g/mol. The van der Waals surface area contributed by atoms with E-state index in [1.807, 2.05) is 13.8 Å². The Kier molecular flexibility index (Phi) is 4.15. The standard InChI is InChI=1S/C11H13FO2S/c1-7(2)14-9-5-4-8(6-13)11(15-3)10(9)12/h4-7H,1-3H3. The number of halogens is 1. The summed E-state index contributed by atoms with van der Waals surface area (Å²) in [5.74, 6) is -0.263. The SMILES string of the molecule is CSc1c(C=O)ccc(OC(C)C)c1F. The lowest BCUT2D eigenvalue weighted by molar-refractivity contribution is 0.112. The van der Waals surface area contributed by atoms with E-state index in [2.05, 4.69) is 0 Å². The van der Waals surface area contributed by atoms with Crippen molar-refractivity contribution in [1.29, 1.82) is 0 Å². The summed E-state index contributed by atoms with van der Waals surface area (Å²) >= 11 is 1.20. The number of rotatable bonds is 4. The number of thioether (sulfide) groups is 1. The van der Waals surface area contributed by atoms with Crippen LogP contribution in [0, 0.1) is 5.82 Å². The Morgan fingerprint density at radius 1 is 1.47 bits per heavy atom. The first kappa shape index (κ1) is 12.0. The van der Waals surface area contributed by atoms with Gasteiger partial charge in [-0.2, -0.15) is 0 Å². The molecule has 0 aliphatic heterocycles. The second-order valence-electron chi connectivity index (χ2n) is 3.28. The predicted octanol–water partition coefficient (Wildman–Crippen LogP) is 3.15. The fraction of sp³-hybridized carbons (Fsp3) is 0.364. The first-order chi connectivity index (χ1) is 7.10. The minimum atomic E-state index is -0.458. The van der Waals surface area contributed by atoms with E-state index in [1.165, 1.54) is 17.8 Å². The lowest BCUT2D eigenvalue weighted by atomic mass is 10.2. The Labute approximate surface area is 92.8 Å². The van der Waals surface area contributed by atoms with Crippen molar-refractivity contribution in [3.8, 4) is 5.75 Å². The fourth-order valence-corrected chi connectivity index (χ4v) is 1.83. The summed E-state index contributed by atoms with van der Waals surface area (Å²) in [6, 6.07) is 3.05. The largest absolute Gasteiger partial charge is 0.488 e. The summed E-state index contributed by atoms with van der Waals surface area (Å²) in [7, 11) is 0. The van der Waals surface area contributed by atoms with Crippen molar-refractivity contribution < 1.29 is 13.9 Å². The smallest absolute Gasteiger partial charge is 0.179 e. The number of aldehydes is 1. The first-order valence-corrected chi connectivity index (χ1v) is 5.81. The summed E-state index contributed by atoms with van der Waals surface area (Å²) < 4.78 is 19.1. The molecule has 0 amide bonds. The second-order valence-corrected chi connectivity index (χ2v) is 4.10. The molecule has 82 valence electrons. The van der Waals surface area contributed by atoms with Crippen LogP contribution in [0.1, 0.15) is 24.2 Å². The van der Waals surface area contributed by atoms with Gasteiger partial charge in [-0.15, -0.1) is 11.8 Å². The third-order valence-electron chi connectivity index (χ3n) is 1.79. The normalized spacial score (nSPS) is 10.5. The molecule has 4 heteroatoms. The van der Waals surface area contributed by atoms with Gasteiger partial charge in [0.25, 0.3) is 0 Å². The minimum Gasteiger partial charge on any atom is -0.488 e. The zero-order valence-electron chi connectivity index (χ0n) is 8.91. The number of benzene rings is 1. The highest BCUT2D eigenvalue weighted by atomic mass is 32.2. The van der Waals surface area contributed by atoms with E-state index in [9.17, 15) is 9.18 Å². The number of hydrogen-bond donors (Lipinski definition) is 0. The average molecular weight is 228 g/mol. The first-order valence-electron chi connectivity index (χ1n) is 4.58. The van der Waals surface area contributed by atoms with Crippen LogP contribution < -0.4 is 4.74 Å². The van der Waals surface area contributed by atoms with E-state index in [1.54, 1.807) is 12.3 Å². The molecular formula is C11H13FO2S. The molecule has 0 bridgehead atoms. The molecule has 0 saturated carbocycles. The molecule has 0 unspecified atom stereocenters. The number of carbonyl (C=O) groups excluding carboxylic acids is 1. The topological polar surface area (TPSA) is 26.3 Å². The molecule has 0 aliphatic carbocycles. The van der Waals surface area contributed by atoms with Gasteiger partial charge in [0.05, 0.1) is 11.0 Å². The molecule has 0 heterocycles. The van der Waals surface area contributed by atoms with Crippen LogP contribution in [0.4, 0.5) is 4.39 Å². The summed E-state index contributed by atoms with van der Waals surface area (Å²) in [5, 5.41) is 0. The zero-order valence-corrected chi connectivity index (χ0v) is 9.73. The van der Waals surface area contributed by atoms with Gasteiger partial charge < -0.3 is 4.74 Å². The van der Waals surface area contributed by atoms with Crippen molar-refractivity contribution in [3.05, 3.63) is 23.5 Å². The summed E-state index contributed by atoms with van der Waals surface area (Å²) in [6.45, 7) is 3.65. The lowest BCUT2D eigenvalue weighted by Gasteiger charge is -2.13. The molecule has 0 N–H and O–H groups in total. The van der Waals surface area contributed by atoms with E-state index in [0.29, 0.717) is 16.7 Å². The van der Waals surface area contributed by atoms with Crippen LogP contribution in [0.15, 0.2) is 17.0 Å². The Balaban J connectivity index is 3.16. The van der Waals surface area contributed by atoms with E-state index in [0.717, 1.165) is 0 Å². The highest BCUT2D eigenvalue weighted by Crippen LogP contribution is 2.30. The molecule has 2 nitrogen and oxygen atoms in total. The van der Waals surface area contributed by atoms with Crippen LogP contribution in [0.3, 0.4) is 0 Å². The third-order valence-corrected chi connectivity index (χ3v) is 2.61. The van der Waals surface area contributed by atoms with Crippen molar-refractivity contribution in [2.24, 2.45) is 0 Å². The lowest BCUT2D eigenvalue weighted by Crippen LogP contribution is -2.07. The Morgan fingerprint density at radius 2 is 2.13 bits per heavy atom. The van der Waals surface area contributed by atoms with Crippen molar-refractivity contribution in [2.45, 2.75) is 24.8 Å². The zero-order chi connectivity index (χ0) is 11.4. The van der Waals surface area contributed by atoms with Crippen molar-refractivity contribution in [3.63, 3.8) is 0 Å². The van der Waals surface area contributed by atoms with Crippen LogP contribution in [-0.4, -0.2) is 18.6 Å². The van der Waals surface area contributed by atoms with E-state index >= 15 is 0 Å². The predicted molar refractivity (Wildman–Crippen MR) is 59.3 cm³/mol. The Morgan fingerprint density at radius 3 is 2.60 bits per heavy atom. The third kappa shape index (κ3) is 2.72. The molecule has 0 saturated heterocycles. The van der Waals surface area contributed by atoms with Crippen LogP contribution in [0.2, 0.25) is 0 Å². The fourth-order valence-electron chi connectivity index (χ4n) is 1.20. The minimum absolute atomic E-state index is 0.0868. The van der Waals surface area contributed by atoms with Gasteiger partial charge in [0.1, 0.15) is 0 Å². The molecule has 15 heavy (non-hydrogen) atoms. The molecule has 0 aromatic heterocycles. The molecule has 1 rings (SSSR count). The molecule has 1 aromatic rings. The van der Waals surface area contributed by atoms with Crippen molar-refractivity contribution in [1.82, 2.24) is 0 Å². The maximum absolute atomic E-state index is 13.8. The highest BCUT2D eigenvalue weighted by Gasteiger charge is 2.14. The summed E-state index contributed by atoms with van der Waals surface area (Å²) in [5.41, 5.74) is 0.358. The Hall–Kier alpha value is -1.03. The van der Waals surface area contributed by atoms with Gasteiger partial charge >= 0.3 is 0 Å². The summed E-state index contributed by atoms with van der Waals surface area (Å²) in [4.78, 5) is 11.0. The maximum Gasteiger partial charge on any atom is 0.179 e. The van der Waals surface area contributed by atoms with Crippen molar-refractivity contribution >= 4 is 18.0 Å². The Bertz CT molecular complexity index is 364. The molecule has 0 radical (unpaired) electrons. The van der Waals surface area contributed by atoms with Crippen LogP contribution >= 0.6 is 11.8 Å². The van der Waals surface area contributed by atoms with Gasteiger partial charge in [-0.1, -0.05) is 0 Å². The van der Waals surface area contributed by atoms with Crippen molar-refractivity contribution in [2.75, 3.05) is 6.26 Å². The second kappa shape index (κ2) is 5.16. The van der Waals surface area contributed by atoms with E-state index in [-0.39, 0.29) is 11.9 Å². The molecule has 0 fully saturated rings. The maximum atomic E-state index is 13.8. The van der Waals surface area contributed by atoms with Crippen LogP contribution in [0.5, 0.6) is 5.75 Å². The highest BCUT2D eigenvalue weighted by molar-refractivity contribution is 7.98.